The van der Waals surface area contributed by atoms with E-state index in [9.17, 15) is 4.79 Å². The van der Waals surface area contributed by atoms with Gasteiger partial charge < -0.3 is 4.74 Å². The van der Waals surface area contributed by atoms with Gasteiger partial charge in [-0.2, -0.15) is 9.78 Å². The Morgan fingerprint density at radius 1 is 1.14 bits per heavy atom. The van der Waals surface area contributed by atoms with Crippen molar-refractivity contribution < 1.29 is 9.53 Å². The van der Waals surface area contributed by atoms with Crippen LogP contribution in [0.4, 0.5) is 0 Å². The standard InChI is InChI=1S/C23H16Br2Cl2N6O2S/c24-16-8-15(22(19(25)9-16)35-12-14-6-7-17(26)10-20(14)27)11-28-29-21(34)13-36-23-30-31-32-33(23)18-4-2-1-3-5-18/h1-11H,12-13H2,(H,29,34). The fourth-order valence-corrected chi connectivity index (χ4v) is 5.47. The van der Waals surface area contributed by atoms with E-state index < -0.39 is 0 Å². The molecule has 0 saturated heterocycles. The van der Waals surface area contributed by atoms with E-state index in [0.717, 1.165) is 15.7 Å². The van der Waals surface area contributed by atoms with Crippen molar-refractivity contribution in [1.82, 2.24) is 25.6 Å². The van der Waals surface area contributed by atoms with E-state index in [4.69, 9.17) is 27.9 Å². The zero-order valence-electron chi connectivity index (χ0n) is 18.2. The van der Waals surface area contributed by atoms with Crippen LogP contribution in [0, 0.1) is 0 Å². The lowest BCUT2D eigenvalue weighted by atomic mass is 10.2. The molecule has 0 aliphatic rings. The van der Waals surface area contributed by atoms with E-state index in [1.165, 1.54) is 18.0 Å². The topological polar surface area (TPSA) is 94.3 Å². The van der Waals surface area contributed by atoms with Gasteiger partial charge in [-0.25, -0.2) is 5.43 Å². The van der Waals surface area contributed by atoms with Crippen LogP contribution in [0.25, 0.3) is 5.69 Å². The number of aromatic nitrogens is 4. The maximum atomic E-state index is 12.4. The second-order valence-corrected chi connectivity index (χ2v) is 10.7. The number of hydrogen-bond donors (Lipinski definition) is 1. The summed E-state index contributed by atoms with van der Waals surface area (Å²) < 4.78 is 9.09. The van der Waals surface area contributed by atoms with E-state index in [2.05, 4.69) is 57.9 Å². The van der Waals surface area contributed by atoms with Gasteiger partial charge >= 0.3 is 0 Å². The Balaban J connectivity index is 1.38. The molecule has 1 N–H and O–H groups in total. The fraction of sp³-hybridized carbons (Fsp3) is 0.0870. The number of hydrogen-bond acceptors (Lipinski definition) is 7. The molecule has 3 aromatic carbocycles. The average Bonchev–Trinajstić information content (AvgIpc) is 3.32. The molecule has 1 aromatic heterocycles. The molecule has 0 bridgehead atoms. The van der Waals surface area contributed by atoms with Gasteiger partial charge in [0.15, 0.2) is 0 Å². The first-order valence-electron chi connectivity index (χ1n) is 10.2. The Morgan fingerprint density at radius 2 is 1.94 bits per heavy atom. The number of para-hydroxylation sites is 1. The summed E-state index contributed by atoms with van der Waals surface area (Å²) in [4.78, 5) is 12.4. The number of rotatable bonds is 9. The first-order valence-corrected chi connectivity index (χ1v) is 13.6. The molecule has 4 rings (SSSR count). The highest BCUT2D eigenvalue weighted by atomic mass is 79.9. The monoisotopic (exact) mass is 668 g/mol. The highest BCUT2D eigenvalue weighted by molar-refractivity contribution is 9.11. The number of nitrogens with zero attached hydrogens (tertiary/aromatic N) is 5. The normalized spacial score (nSPS) is 11.1. The molecule has 13 heteroatoms. The SMILES string of the molecule is O=C(CSc1nnnn1-c1ccccc1)NN=Cc1cc(Br)cc(Br)c1OCc1ccc(Cl)cc1Cl. The molecule has 0 aliphatic heterocycles. The zero-order chi connectivity index (χ0) is 25.5. The van der Waals surface area contributed by atoms with Crippen molar-refractivity contribution in [1.29, 1.82) is 0 Å². The summed E-state index contributed by atoms with van der Waals surface area (Å²) in [5.74, 6) is 0.299. The van der Waals surface area contributed by atoms with Gasteiger partial charge in [0, 0.05) is 25.6 Å². The number of carbonyl (C=O) groups is 1. The summed E-state index contributed by atoms with van der Waals surface area (Å²) in [6, 6.07) is 18.3. The van der Waals surface area contributed by atoms with Gasteiger partial charge in [-0.15, -0.1) is 5.10 Å². The Labute approximate surface area is 237 Å². The number of nitrogens with one attached hydrogen (secondary N) is 1. The van der Waals surface area contributed by atoms with Gasteiger partial charge in [0.2, 0.25) is 5.16 Å². The van der Waals surface area contributed by atoms with Crippen molar-refractivity contribution in [2.45, 2.75) is 11.8 Å². The zero-order valence-corrected chi connectivity index (χ0v) is 23.7. The second kappa shape index (κ2) is 12.7. The molecule has 0 fully saturated rings. The van der Waals surface area contributed by atoms with Crippen molar-refractivity contribution >= 4 is 78.9 Å². The van der Waals surface area contributed by atoms with Crippen molar-refractivity contribution in [3.05, 3.63) is 90.8 Å². The van der Waals surface area contributed by atoms with Crippen LogP contribution in [0.1, 0.15) is 11.1 Å². The highest BCUT2D eigenvalue weighted by Gasteiger charge is 2.13. The molecule has 0 radical (unpaired) electrons. The van der Waals surface area contributed by atoms with Crippen LogP contribution < -0.4 is 10.2 Å². The van der Waals surface area contributed by atoms with E-state index in [1.807, 2.05) is 42.5 Å². The predicted molar refractivity (Wildman–Crippen MR) is 148 cm³/mol. The third-order valence-corrected chi connectivity index (χ3v) is 7.14. The average molecular weight is 671 g/mol. The lowest BCUT2D eigenvalue weighted by Crippen LogP contribution is -2.20. The number of tetrazole rings is 1. The van der Waals surface area contributed by atoms with Crippen LogP contribution in [0.15, 0.2) is 79.9 Å². The largest absolute Gasteiger partial charge is 0.487 e. The van der Waals surface area contributed by atoms with E-state index in [1.54, 1.807) is 22.9 Å². The van der Waals surface area contributed by atoms with Crippen LogP contribution in [0.3, 0.4) is 0 Å². The maximum absolute atomic E-state index is 12.4. The number of amides is 1. The van der Waals surface area contributed by atoms with Crippen molar-refractivity contribution in [3.63, 3.8) is 0 Å². The third kappa shape index (κ3) is 7.07. The van der Waals surface area contributed by atoms with Gasteiger partial charge in [0.1, 0.15) is 12.4 Å². The second-order valence-electron chi connectivity index (χ2n) is 7.12. The van der Waals surface area contributed by atoms with Crippen molar-refractivity contribution in [3.8, 4) is 11.4 Å². The Morgan fingerprint density at radius 3 is 2.72 bits per heavy atom. The minimum atomic E-state index is -0.316. The molecule has 0 spiro atoms. The number of thioether (sulfide) groups is 1. The summed E-state index contributed by atoms with van der Waals surface area (Å²) in [5.41, 5.74) is 4.74. The number of halogens is 4. The number of carbonyl (C=O) groups excluding carboxylic acids is 1. The third-order valence-electron chi connectivity index (χ3n) is 4.59. The Bertz CT molecular complexity index is 1400. The van der Waals surface area contributed by atoms with Crippen LogP contribution in [0.2, 0.25) is 10.0 Å². The lowest BCUT2D eigenvalue weighted by Gasteiger charge is -2.13. The van der Waals surface area contributed by atoms with Crippen molar-refractivity contribution in [2.75, 3.05) is 5.75 Å². The fourth-order valence-electron chi connectivity index (χ4n) is 2.95. The molecule has 1 amide bonds. The summed E-state index contributed by atoms with van der Waals surface area (Å²) in [5, 5.41) is 17.3. The quantitative estimate of drug-likeness (QED) is 0.127. The van der Waals surface area contributed by atoms with E-state index >= 15 is 0 Å². The lowest BCUT2D eigenvalue weighted by molar-refractivity contribution is -0.118. The first-order chi connectivity index (χ1) is 17.4. The molecule has 1 heterocycles. The van der Waals surface area contributed by atoms with Gasteiger partial charge in [0.05, 0.1) is 22.1 Å². The summed E-state index contributed by atoms with van der Waals surface area (Å²) in [6.07, 6.45) is 1.50. The van der Waals surface area contributed by atoms with Crippen LogP contribution >= 0.6 is 66.8 Å². The molecule has 4 aromatic rings. The number of ether oxygens (including phenoxy) is 1. The molecular formula is C23H16Br2Cl2N6O2S. The maximum Gasteiger partial charge on any atom is 0.250 e. The summed E-state index contributed by atoms with van der Waals surface area (Å²) >= 11 is 20.4. The molecule has 184 valence electrons. The molecule has 0 unspecified atom stereocenters. The van der Waals surface area contributed by atoms with Crippen LogP contribution in [-0.2, 0) is 11.4 Å². The van der Waals surface area contributed by atoms with Gasteiger partial charge in [-0.3, -0.25) is 4.79 Å². The van der Waals surface area contributed by atoms with E-state index in [0.29, 0.717) is 31.0 Å². The minimum Gasteiger partial charge on any atom is -0.487 e. The molecule has 8 nitrogen and oxygen atoms in total. The first kappa shape index (κ1) is 26.6. The minimum absolute atomic E-state index is 0.0746. The van der Waals surface area contributed by atoms with Crippen molar-refractivity contribution in [2.24, 2.45) is 5.10 Å². The van der Waals surface area contributed by atoms with Gasteiger partial charge in [-0.1, -0.05) is 75.2 Å². The summed E-state index contributed by atoms with van der Waals surface area (Å²) in [6.45, 7) is 0.218. The molecule has 0 saturated carbocycles. The highest BCUT2D eigenvalue weighted by Crippen LogP contribution is 2.33. The molecule has 0 aliphatic carbocycles. The summed E-state index contributed by atoms with van der Waals surface area (Å²) in [7, 11) is 0. The molecule has 36 heavy (non-hydrogen) atoms. The number of benzene rings is 3. The molecule has 0 atom stereocenters. The Hall–Kier alpha value is -2.44. The number of hydrazone groups is 1. The van der Waals surface area contributed by atoms with Crippen LogP contribution in [-0.4, -0.2) is 38.1 Å². The van der Waals surface area contributed by atoms with E-state index in [-0.39, 0.29) is 18.3 Å². The smallest absolute Gasteiger partial charge is 0.250 e. The molecular weight excluding hydrogens is 655 g/mol. The predicted octanol–water partition coefficient (Wildman–Crippen LogP) is 6.32. The van der Waals surface area contributed by atoms with Crippen LogP contribution in [0.5, 0.6) is 5.75 Å². The Kier molecular flexibility index (Phi) is 9.38. The van der Waals surface area contributed by atoms with Gasteiger partial charge in [-0.05, 0) is 62.8 Å². The van der Waals surface area contributed by atoms with Gasteiger partial charge in [0.25, 0.3) is 5.91 Å².